The SMILES string of the molecule is CN/C=C(\C=N)c1ccc2ncnc(NC3CCC(N4CCOCC4)CC3)c2c1. The molecule has 1 aliphatic heterocycles. The van der Waals surface area contributed by atoms with Crippen molar-refractivity contribution in [3.05, 3.63) is 36.3 Å². The number of hydrogen-bond acceptors (Lipinski definition) is 7. The predicted molar refractivity (Wildman–Crippen MR) is 117 cm³/mol. The van der Waals surface area contributed by atoms with Gasteiger partial charge in [-0.05, 0) is 43.4 Å². The molecule has 1 aromatic heterocycles. The maximum atomic E-state index is 7.68. The van der Waals surface area contributed by atoms with E-state index in [1.54, 1.807) is 6.33 Å². The maximum absolute atomic E-state index is 7.68. The standard InChI is InChI=1S/C22H30N6O/c1-24-14-17(13-23)16-2-7-21-20(12-16)22(26-15-25-21)27-18-3-5-19(6-4-18)28-8-10-29-11-9-28/h2,7,12-15,18-19,23-24H,3-6,8-11H2,1H3,(H,25,26,27)/b17-14+,23-13?. The van der Waals surface area contributed by atoms with Gasteiger partial charge in [-0.3, -0.25) is 4.90 Å². The number of aromatic nitrogens is 2. The van der Waals surface area contributed by atoms with E-state index < -0.39 is 0 Å². The summed E-state index contributed by atoms with van der Waals surface area (Å²) < 4.78 is 5.49. The van der Waals surface area contributed by atoms with Gasteiger partial charge in [-0.15, -0.1) is 0 Å². The van der Waals surface area contributed by atoms with E-state index in [-0.39, 0.29) is 0 Å². The van der Waals surface area contributed by atoms with Gasteiger partial charge in [0.25, 0.3) is 0 Å². The van der Waals surface area contributed by atoms with Crippen LogP contribution in [0.5, 0.6) is 0 Å². The van der Waals surface area contributed by atoms with Crippen molar-refractivity contribution < 1.29 is 4.74 Å². The lowest BCUT2D eigenvalue weighted by Gasteiger charge is -2.39. The maximum Gasteiger partial charge on any atom is 0.137 e. The molecule has 3 N–H and O–H groups in total. The molecule has 1 aromatic carbocycles. The highest BCUT2D eigenvalue weighted by molar-refractivity contribution is 6.09. The number of allylic oxidation sites excluding steroid dienone is 1. The quantitative estimate of drug-likeness (QED) is 0.653. The van der Waals surface area contributed by atoms with Crippen molar-refractivity contribution in [2.75, 3.05) is 38.7 Å². The van der Waals surface area contributed by atoms with Crippen molar-refractivity contribution in [2.24, 2.45) is 0 Å². The van der Waals surface area contributed by atoms with Crippen molar-refractivity contribution in [2.45, 2.75) is 37.8 Å². The Morgan fingerprint density at radius 3 is 2.69 bits per heavy atom. The topological polar surface area (TPSA) is 86.2 Å². The summed E-state index contributed by atoms with van der Waals surface area (Å²) >= 11 is 0. The van der Waals surface area contributed by atoms with Gasteiger partial charge in [0.1, 0.15) is 12.1 Å². The van der Waals surface area contributed by atoms with Gasteiger partial charge in [0.05, 0.1) is 18.7 Å². The molecule has 2 aromatic rings. The highest BCUT2D eigenvalue weighted by Crippen LogP contribution is 2.29. The van der Waals surface area contributed by atoms with Gasteiger partial charge in [0, 0.05) is 55.6 Å². The molecule has 2 fully saturated rings. The van der Waals surface area contributed by atoms with E-state index in [1.165, 1.54) is 19.1 Å². The second kappa shape index (κ2) is 9.33. The second-order valence-electron chi connectivity index (χ2n) is 7.79. The van der Waals surface area contributed by atoms with Crippen molar-refractivity contribution in [3.8, 4) is 0 Å². The summed E-state index contributed by atoms with van der Waals surface area (Å²) in [6.07, 6.45) is 9.56. The van der Waals surface area contributed by atoms with E-state index in [9.17, 15) is 0 Å². The van der Waals surface area contributed by atoms with Gasteiger partial charge < -0.3 is 20.8 Å². The Hall–Kier alpha value is -2.51. The molecule has 0 atom stereocenters. The summed E-state index contributed by atoms with van der Waals surface area (Å²) in [4.78, 5) is 11.6. The van der Waals surface area contributed by atoms with Gasteiger partial charge in [-0.1, -0.05) is 6.07 Å². The van der Waals surface area contributed by atoms with Crippen LogP contribution in [-0.4, -0.2) is 66.5 Å². The molecule has 29 heavy (non-hydrogen) atoms. The molecule has 4 rings (SSSR count). The van der Waals surface area contributed by atoms with E-state index in [1.807, 2.05) is 25.4 Å². The Balaban J connectivity index is 1.48. The lowest BCUT2D eigenvalue weighted by Crippen LogP contribution is -2.46. The highest BCUT2D eigenvalue weighted by atomic mass is 16.5. The first-order valence-corrected chi connectivity index (χ1v) is 10.5. The fourth-order valence-electron chi connectivity index (χ4n) is 4.44. The first-order chi connectivity index (χ1) is 14.3. The summed E-state index contributed by atoms with van der Waals surface area (Å²) in [5, 5.41) is 15.4. The molecule has 1 saturated carbocycles. The minimum absolute atomic E-state index is 0.434. The lowest BCUT2D eigenvalue weighted by molar-refractivity contribution is 0.00791. The lowest BCUT2D eigenvalue weighted by atomic mass is 9.90. The molecule has 0 spiro atoms. The van der Waals surface area contributed by atoms with Crippen molar-refractivity contribution in [1.82, 2.24) is 20.2 Å². The number of morpholine rings is 1. The normalized spacial score (nSPS) is 23.7. The monoisotopic (exact) mass is 394 g/mol. The summed E-state index contributed by atoms with van der Waals surface area (Å²) in [7, 11) is 1.84. The Kier molecular flexibility index (Phi) is 6.36. The van der Waals surface area contributed by atoms with Crippen LogP contribution in [0.1, 0.15) is 31.2 Å². The number of nitrogens with zero attached hydrogens (tertiary/aromatic N) is 3. The number of benzene rings is 1. The minimum Gasteiger partial charge on any atom is -0.393 e. The zero-order chi connectivity index (χ0) is 20.1. The van der Waals surface area contributed by atoms with Gasteiger partial charge in [-0.25, -0.2) is 9.97 Å². The van der Waals surface area contributed by atoms with E-state index in [2.05, 4.69) is 31.6 Å². The van der Waals surface area contributed by atoms with E-state index in [4.69, 9.17) is 10.1 Å². The summed E-state index contributed by atoms with van der Waals surface area (Å²) in [5.74, 6) is 0.889. The molecule has 0 unspecified atom stereocenters. The molecule has 2 aliphatic rings. The minimum atomic E-state index is 0.434. The third-order valence-electron chi connectivity index (χ3n) is 6.02. The van der Waals surface area contributed by atoms with Gasteiger partial charge in [-0.2, -0.15) is 0 Å². The van der Waals surface area contributed by atoms with Crippen LogP contribution in [-0.2, 0) is 4.74 Å². The second-order valence-corrected chi connectivity index (χ2v) is 7.79. The zero-order valence-electron chi connectivity index (χ0n) is 17.0. The van der Waals surface area contributed by atoms with Crippen LogP contribution in [0, 0.1) is 5.41 Å². The number of ether oxygens (including phenoxy) is 1. The Labute approximate surface area is 172 Å². The van der Waals surface area contributed by atoms with Gasteiger partial charge in [0.2, 0.25) is 0 Å². The first kappa shape index (κ1) is 19.8. The molecular formula is C22H30N6O. The smallest absolute Gasteiger partial charge is 0.137 e. The Morgan fingerprint density at radius 1 is 1.17 bits per heavy atom. The summed E-state index contributed by atoms with van der Waals surface area (Å²) in [5.41, 5.74) is 2.73. The first-order valence-electron chi connectivity index (χ1n) is 10.5. The van der Waals surface area contributed by atoms with Gasteiger partial charge in [0.15, 0.2) is 0 Å². The zero-order valence-corrected chi connectivity index (χ0v) is 17.0. The van der Waals surface area contributed by atoms with E-state index >= 15 is 0 Å². The van der Waals surface area contributed by atoms with Crippen LogP contribution < -0.4 is 10.6 Å². The highest BCUT2D eigenvalue weighted by Gasteiger charge is 2.27. The number of nitrogens with one attached hydrogen (secondary N) is 3. The average Bonchev–Trinajstić information content (AvgIpc) is 2.78. The van der Waals surface area contributed by atoms with Crippen molar-refractivity contribution >= 4 is 28.5 Å². The van der Waals surface area contributed by atoms with Gasteiger partial charge >= 0.3 is 0 Å². The molecule has 0 bridgehead atoms. The van der Waals surface area contributed by atoms with Crippen LogP contribution in [0.3, 0.4) is 0 Å². The third-order valence-corrected chi connectivity index (χ3v) is 6.02. The van der Waals surface area contributed by atoms with E-state index in [0.717, 1.165) is 67.0 Å². The fourth-order valence-corrected chi connectivity index (χ4v) is 4.44. The summed E-state index contributed by atoms with van der Waals surface area (Å²) in [6.45, 7) is 3.87. The average molecular weight is 395 g/mol. The molecule has 154 valence electrons. The third kappa shape index (κ3) is 4.57. The van der Waals surface area contributed by atoms with Crippen LogP contribution in [0.4, 0.5) is 5.82 Å². The number of hydrogen-bond donors (Lipinski definition) is 3. The Morgan fingerprint density at radius 2 is 1.97 bits per heavy atom. The number of anilines is 1. The fraction of sp³-hybridized carbons (Fsp3) is 0.500. The predicted octanol–water partition coefficient (Wildman–Crippen LogP) is 2.89. The molecule has 0 radical (unpaired) electrons. The van der Waals surface area contributed by atoms with E-state index in [0.29, 0.717) is 12.1 Å². The Bertz CT molecular complexity index is 869. The molecule has 7 nitrogen and oxygen atoms in total. The molecular weight excluding hydrogens is 364 g/mol. The van der Waals surface area contributed by atoms with Crippen LogP contribution >= 0.6 is 0 Å². The van der Waals surface area contributed by atoms with Crippen molar-refractivity contribution in [3.63, 3.8) is 0 Å². The molecule has 1 saturated heterocycles. The van der Waals surface area contributed by atoms with Crippen LogP contribution in [0.2, 0.25) is 0 Å². The largest absolute Gasteiger partial charge is 0.393 e. The van der Waals surface area contributed by atoms with Crippen LogP contribution in [0.25, 0.3) is 16.5 Å². The molecule has 2 heterocycles. The number of fused-ring (bicyclic) bond motifs is 1. The summed E-state index contributed by atoms with van der Waals surface area (Å²) in [6, 6.07) is 7.20. The molecule has 7 heteroatoms. The molecule has 1 aliphatic carbocycles. The molecule has 0 amide bonds. The van der Waals surface area contributed by atoms with Crippen LogP contribution in [0.15, 0.2) is 30.7 Å². The van der Waals surface area contributed by atoms with Crippen molar-refractivity contribution in [1.29, 1.82) is 5.41 Å². The number of rotatable bonds is 6.